The Hall–Kier alpha value is -2.00. The molecule has 1 heterocycles. The van der Waals surface area contributed by atoms with E-state index in [4.69, 9.17) is 0 Å². The third kappa shape index (κ3) is 2.84. The molecule has 3 atom stereocenters. The third-order valence-corrected chi connectivity index (χ3v) is 7.56. The molecule has 2 aromatic rings. The maximum Gasteiger partial charge on any atom is 0.115 e. The molecule has 0 amide bonds. The lowest BCUT2D eigenvalue weighted by Gasteiger charge is -2.59. The van der Waals surface area contributed by atoms with E-state index in [1.165, 1.54) is 48.8 Å². The largest absolute Gasteiger partial charge is 0.508 e. The quantitative estimate of drug-likeness (QED) is 0.849. The summed E-state index contributed by atoms with van der Waals surface area (Å²) in [6.45, 7) is 2.25. The molecule has 0 radical (unpaired) electrons. The number of nitrogens with zero attached hydrogens (tertiary/aromatic N) is 1. The van der Waals surface area contributed by atoms with Gasteiger partial charge in [0.25, 0.3) is 0 Å². The minimum atomic E-state index is 0.296. The number of likely N-dealkylation sites (tertiary alicyclic amines) is 1. The average molecular weight is 364 g/mol. The Morgan fingerprint density at radius 3 is 2.63 bits per heavy atom. The fourth-order valence-electron chi connectivity index (χ4n) is 6.29. The molecular weight excluding hydrogens is 334 g/mol. The van der Waals surface area contributed by atoms with Crippen molar-refractivity contribution in [3.8, 4) is 11.5 Å². The van der Waals surface area contributed by atoms with Crippen LogP contribution < -0.4 is 0 Å². The standard InChI is InChI=1S/C24H29NO2/c26-19-7-4-17(5-8-19)10-13-25-14-12-24-11-2-1-3-21(24)23(25)15-18-6-9-20(27)16-22(18)24/h4-9,16,21,23,26-27H,1-3,10-15H2/t21-,23+,24-/m0/s1. The van der Waals surface area contributed by atoms with E-state index in [9.17, 15) is 10.2 Å². The van der Waals surface area contributed by atoms with Crippen LogP contribution in [-0.2, 0) is 18.3 Å². The van der Waals surface area contributed by atoms with Crippen molar-refractivity contribution >= 4 is 0 Å². The SMILES string of the molecule is Oc1ccc(CCN2CC[C@@]34CCCC[C@H]3[C@H]2Cc2ccc(O)cc24)cc1. The third-order valence-electron chi connectivity index (χ3n) is 7.56. The predicted octanol–water partition coefficient (Wildman–Crippen LogP) is 4.40. The lowest BCUT2D eigenvalue weighted by molar-refractivity contribution is -0.0106. The Labute approximate surface area is 161 Å². The second-order valence-corrected chi connectivity index (χ2v) is 8.82. The van der Waals surface area contributed by atoms with Crippen LogP contribution in [-0.4, -0.2) is 34.2 Å². The molecule has 2 N–H and O–H groups in total. The zero-order chi connectivity index (χ0) is 18.4. The summed E-state index contributed by atoms with van der Waals surface area (Å²) < 4.78 is 0. The van der Waals surface area contributed by atoms with E-state index in [-0.39, 0.29) is 0 Å². The molecule has 3 heteroatoms. The zero-order valence-electron chi connectivity index (χ0n) is 15.9. The molecular formula is C24H29NO2. The molecule has 1 aliphatic heterocycles. The predicted molar refractivity (Wildman–Crippen MR) is 107 cm³/mol. The van der Waals surface area contributed by atoms with Gasteiger partial charge in [0.15, 0.2) is 0 Å². The van der Waals surface area contributed by atoms with Crippen LogP contribution in [0.1, 0.15) is 48.8 Å². The summed E-state index contributed by atoms with van der Waals surface area (Å²) in [7, 11) is 0. The fraction of sp³-hybridized carbons (Fsp3) is 0.500. The van der Waals surface area contributed by atoms with Crippen LogP contribution in [0.5, 0.6) is 11.5 Å². The van der Waals surface area contributed by atoms with Crippen LogP contribution in [0.25, 0.3) is 0 Å². The van der Waals surface area contributed by atoms with Crippen molar-refractivity contribution in [2.24, 2.45) is 5.92 Å². The van der Waals surface area contributed by atoms with Crippen molar-refractivity contribution in [2.45, 2.75) is 56.4 Å². The number of phenolic OH excluding ortho intramolecular Hbond substituents is 2. The summed E-state index contributed by atoms with van der Waals surface area (Å²) >= 11 is 0. The summed E-state index contributed by atoms with van der Waals surface area (Å²) in [4.78, 5) is 2.73. The van der Waals surface area contributed by atoms with Gasteiger partial charge in [0, 0.05) is 18.0 Å². The van der Waals surface area contributed by atoms with E-state index in [1.54, 1.807) is 12.1 Å². The first kappa shape index (κ1) is 17.1. The number of fused-ring (bicyclic) bond motifs is 1. The van der Waals surface area contributed by atoms with E-state index in [0.29, 0.717) is 23.0 Å². The van der Waals surface area contributed by atoms with Gasteiger partial charge in [-0.25, -0.2) is 0 Å². The highest BCUT2D eigenvalue weighted by atomic mass is 16.3. The normalized spacial score (nSPS) is 29.8. The first-order valence-corrected chi connectivity index (χ1v) is 10.5. The Morgan fingerprint density at radius 2 is 1.78 bits per heavy atom. The number of piperidine rings is 1. The molecule has 0 unspecified atom stereocenters. The number of hydrogen-bond acceptors (Lipinski definition) is 3. The van der Waals surface area contributed by atoms with Crippen LogP contribution >= 0.6 is 0 Å². The number of benzene rings is 2. The van der Waals surface area contributed by atoms with E-state index < -0.39 is 0 Å². The van der Waals surface area contributed by atoms with Crippen molar-refractivity contribution in [1.82, 2.24) is 4.90 Å². The summed E-state index contributed by atoms with van der Waals surface area (Å²) in [6.07, 6.45) is 8.68. The molecule has 2 aromatic carbocycles. The maximum absolute atomic E-state index is 10.1. The summed E-state index contributed by atoms with van der Waals surface area (Å²) in [6, 6.07) is 14.4. The van der Waals surface area contributed by atoms with Crippen molar-refractivity contribution < 1.29 is 10.2 Å². The number of hydrogen-bond donors (Lipinski definition) is 2. The highest BCUT2D eigenvalue weighted by Crippen LogP contribution is 2.56. The Bertz CT molecular complexity index is 831. The summed E-state index contributed by atoms with van der Waals surface area (Å²) in [5.74, 6) is 1.51. The Kier molecular flexibility index (Phi) is 4.16. The van der Waals surface area contributed by atoms with Gasteiger partial charge in [-0.3, -0.25) is 4.90 Å². The van der Waals surface area contributed by atoms with Crippen molar-refractivity contribution in [3.05, 3.63) is 59.2 Å². The van der Waals surface area contributed by atoms with Gasteiger partial charge in [0.2, 0.25) is 0 Å². The smallest absolute Gasteiger partial charge is 0.115 e. The molecule has 27 heavy (non-hydrogen) atoms. The lowest BCUT2D eigenvalue weighted by atomic mass is 9.52. The maximum atomic E-state index is 10.1. The van der Waals surface area contributed by atoms with Gasteiger partial charge < -0.3 is 10.2 Å². The van der Waals surface area contributed by atoms with E-state index in [1.807, 2.05) is 18.2 Å². The molecule has 2 bridgehead atoms. The van der Waals surface area contributed by atoms with Gasteiger partial charge in [0.1, 0.15) is 11.5 Å². The second-order valence-electron chi connectivity index (χ2n) is 8.82. The Balaban J connectivity index is 1.42. The van der Waals surface area contributed by atoms with Gasteiger partial charge >= 0.3 is 0 Å². The van der Waals surface area contributed by atoms with Gasteiger partial charge in [0.05, 0.1) is 0 Å². The highest BCUT2D eigenvalue weighted by Gasteiger charge is 2.53. The van der Waals surface area contributed by atoms with Crippen LogP contribution in [0, 0.1) is 5.92 Å². The molecule has 3 aliphatic rings. The van der Waals surface area contributed by atoms with E-state index >= 15 is 0 Å². The summed E-state index contributed by atoms with van der Waals surface area (Å²) in [5, 5.41) is 19.6. The van der Waals surface area contributed by atoms with Gasteiger partial charge in [-0.1, -0.05) is 31.0 Å². The van der Waals surface area contributed by atoms with Crippen LogP contribution in [0.3, 0.4) is 0 Å². The number of phenols is 2. The van der Waals surface area contributed by atoms with Gasteiger partial charge in [-0.2, -0.15) is 0 Å². The first-order chi connectivity index (χ1) is 13.2. The van der Waals surface area contributed by atoms with Crippen LogP contribution in [0.4, 0.5) is 0 Å². The van der Waals surface area contributed by atoms with Crippen molar-refractivity contribution in [3.63, 3.8) is 0 Å². The molecule has 2 fully saturated rings. The van der Waals surface area contributed by atoms with Crippen molar-refractivity contribution in [1.29, 1.82) is 0 Å². The van der Waals surface area contributed by atoms with Gasteiger partial charge in [-0.15, -0.1) is 0 Å². The minimum absolute atomic E-state index is 0.296. The first-order valence-electron chi connectivity index (χ1n) is 10.5. The topological polar surface area (TPSA) is 43.7 Å². The molecule has 0 spiro atoms. The molecule has 3 nitrogen and oxygen atoms in total. The average Bonchev–Trinajstić information content (AvgIpc) is 2.69. The highest BCUT2D eigenvalue weighted by molar-refractivity contribution is 5.45. The summed E-state index contributed by atoms with van der Waals surface area (Å²) in [5.41, 5.74) is 4.52. The minimum Gasteiger partial charge on any atom is -0.508 e. The van der Waals surface area contributed by atoms with Crippen LogP contribution in [0.15, 0.2) is 42.5 Å². The molecule has 1 saturated carbocycles. The van der Waals surface area contributed by atoms with Crippen LogP contribution in [0.2, 0.25) is 0 Å². The lowest BCUT2D eigenvalue weighted by Crippen LogP contribution is -2.61. The number of rotatable bonds is 3. The molecule has 5 rings (SSSR count). The molecule has 1 saturated heterocycles. The van der Waals surface area contributed by atoms with Crippen molar-refractivity contribution in [2.75, 3.05) is 13.1 Å². The Morgan fingerprint density at radius 1 is 0.963 bits per heavy atom. The number of aromatic hydroxyl groups is 2. The fourth-order valence-corrected chi connectivity index (χ4v) is 6.29. The molecule has 142 valence electrons. The van der Waals surface area contributed by atoms with Gasteiger partial charge in [-0.05, 0) is 85.5 Å². The second kappa shape index (κ2) is 6.56. The van der Waals surface area contributed by atoms with E-state index in [2.05, 4.69) is 17.0 Å². The zero-order valence-corrected chi connectivity index (χ0v) is 15.9. The monoisotopic (exact) mass is 363 g/mol. The molecule has 0 aromatic heterocycles. The van der Waals surface area contributed by atoms with E-state index in [0.717, 1.165) is 31.8 Å². The molecule has 2 aliphatic carbocycles.